The number of carbonyl (C=O) groups excluding carboxylic acids is 1. The highest BCUT2D eigenvalue weighted by Gasteiger charge is 2.21. The third kappa shape index (κ3) is 3.75. The van der Waals surface area contributed by atoms with Crippen LogP contribution in [0.15, 0.2) is 48.7 Å². The first-order valence-corrected chi connectivity index (χ1v) is 8.28. The number of nitrogens with one attached hydrogen (secondary N) is 1. The van der Waals surface area contributed by atoms with E-state index in [1.807, 2.05) is 13.0 Å². The minimum absolute atomic E-state index is 0.0626. The molecule has 0 saturated carbocycles. The molecule has 4 nitrogen and oxygen atoms in total. The SMILES string of the molecule is CC(NC(=O)c1cn(C)nc1-c1ccc(F)cc1F)c1cccc(Cl)c1. The summed E-state index contributed by atoms with van der Waals surface area (Å²) in [6.07, 6.45) is 1.50. The zero-order valence-corrected chi connectivity index (χ0v) is 14.9. The molecular formula is C19H16ClF2N3O. The van der Waals surface area contributed by atoms with Crippen LogP contribution in [0.2, 0.25) is 5.02 Å². The van der Waals surface area contributed by atoms with Gasteiger partial charge < -0.3 is 5.32 Å². The molecular weight excluding hydrogens is 360 g/mol. The molecule has 2 aromatic carbocycles. The summed E-state index contributed by atoms with van der Waals surface area (Å²) >= 11 is 5.98. The van der Waals surface area contributed by atoms with Crippen molar-refractivity contribution in [1.82, 2.24) is 15.1 Å². The Labute approximate surface area is 154 Å². The van der Waals surface area contributed by atoms with Gasteiger partial charge in [0.1, 0.15) is 17.3 Å². The number of hydrogen-bond acceptors (Lipinski definition) is 2. The third-order valence-electron chi connectivity index (χ3n) is 3.96. The van der Waals surface area contributed by atoms with E-state index in [9.17, 15) is 13.6 Å². The van der Waals surface area contributed by atoms with Gasteiger partial charge in [-0.3, -0.25) is 9.48 Å². The monoisotopic (exact) mass is 375 g/mol. The average molecular weight is 376 g/mol. The molecule has 1 unspecified atom stereocenters. The van der Waals surface area contributed by atoms with Gasteiger partial charge >= 0.3 is 0 Å². The third-order valence-corrected chi connectivity index (χ3v) is 4.19. The summed E-state index contributed by atoms with van der Waals surface area (Å²) < 4.78 is 28.7. The van der Waals surface area contributed by atoms with E-state index < -0.39 is 17.5 Å². The molecule has 0 radical (unpaired) electrons. The number of hydrogen-bond donors (Lipinski definition) is 1. The van der Waals surface area contributed by atoms with E-state index >= 15 is 0 Å². The molecule has 1 amide bonds. The number of benzene rings is 2. The smallest absolute Gasteiger partial charge is 0.255 e. The topological polar surface area (TPSA) is 46.9 Å². The highest BCUT2D eigenvalue weighted by atomic mass is 35.5. The van der Waals surface area contributed by atoms with Crippen LogP contribution in [-0.2, 0) is 7.05 Å². The number of amides is 1. The molecule has 0 fully saturated rings. The molecule has 1 heterocycles. The summed E-state index contributed by atoms with van der Waals surface area (Å²) in [6, 6.07) is 10.00. The summed E-state index contributed by atoms with van der Waals surface area (Å²) in [5.41, 5.74) is 1.25. The van der Waals surface area contributed by atoms with Gasteiger partial charge in [0.15, 0.2) is 0 Å². The zero-order chi connectivity index (χ0) is 18.8. The first-order valence-electron chi connectivity index (χ1n) is 7.90. The Bertz CT molecular complexity index is 971. The molecule has 0 aliphatic rings. The van der Waals surface area contributed by atoms with Gasteiger partial charge in [-0.1, -0.05) is 23.7 Å². The van der Waals surface area contributed by atoms with Crippen LogP contribution in [0.3, 0.4) is 0 Å². The van der Waals surface area contributed by atoms with Crippen LogP contribution in [0.4, 0.5) is 8.78 Å². The van der Waals surface area contributed by atoms with Crippen molar-refractivity contribution in [2.45, 2.75) is 13.0 Å². The number of aromatic nitrogens is 2. The van der Waals surface area contributed by atoms with E-state index in [1.165, 1.54) is 16.9 Å². The number of carbonyl (C=O) groups is 1. The van der Waals surface area contributed by atoms with Gasteiger partial charge in [-0.15, -0.1) is 0 Å². The summed E-state index contributed by atoms with van der Waals surface area (Å²) in [5.74, 6) is -1.88. The van der Waals surface area contributed by atoms with Gasteiger partial charge in [0, 0.05) is 29.9 Å². The lowest BCUT2D eigenvalue weighted by Gasteiger charge is -2.14. The van der Waals surface area contributed by atoms with Crippen molar-refractivity contribution in [2.24, 2.45) is 7.05 Å². The predicted octanol–water partition coefficient (Wildman–Crippen LogP) is 4.51. The molecule has 0 saturated heterocycles. The number of rotatable bonds is 4. The van der Waals surface area contributed by atoms with Crippen LogP contribution in [0.5, 0.6) is 0 Å². The number of nitrogens with zero attached hydrogens (tertiary/aromatic N) is 2. The summed E-state index contributed by atoms with van der Waals surface area (Å²) in [4.78, 5) is 12.7. The lowest BCUT2D eigenvalue weighted by Crippen LogP contribution is -2.26. The summed E-state index contributed by atoms with van der Waals surface area (Å²) in [7, 11) is 1.63. The first-order chi connectivity index (χ1) is 12.3. The maximum Gasteiger partial charge on any atom is 0.255 e. The normalized spacial score (nSPS) is 12.0. The quantitative estimate of drug-likeness (QED) is 0.729. The molecule has 0 aliphatic heterocycles. The summed E-state index contributed by atoms with van der Waals surface area (Å²) in [5, 5.41) is 7.57. The van der Waals surface area contributed by atoms with Gasteiger partial charge in [-0.25, -0.2) is 8.78 Å². The Kier molecular flexibility index (Phi) is 5.04. The molecule has 26 heavy (non-hydrogen) atoms. The minimum Gasteiger partial charge on any atom is -0.345 e. The molecule has 0 spiro atoms. The lowest BCUT2D eigenvalue weighted by atomic mass is 10.1. The van der Waals surface area contributed by atoms with Crippen molar-refractivity contribution < 1.29 is 13.6 Å². The Hall–Kier alpha value is -2.73. The van der Waals surface area contributed by atoms with E-state index in [2.05, 4.69) is 10.4 Å². The average Bonchev–Trinajstić information content (AvgIpc) is 2.96. The second kappa shape index (κ2) is 7.25. The van der Waals surface area contributed by atoms with Gasteiger partial charge in [0.05, 0.1) is 11.6 Å². The van der Waals surface area contributed by atoms with Crippen molar-refractivity contribution >= 4 is 17.5 Å². The van der Waals surface area contributed by atoms with Crippen molar-refractivity contribution in [3.8, 4) is 11.3 Å². The highest BCUT2D eigenvalue weighted by molar-refractivity contribution is 6.30. The fourth-order valence-electron chi connectivity index (χ4n) is 2.67. The van der Waals surface area contributed by atoms with Crippen LogP contribution in [0, 0.1) is 11.6 Å². The van der Waals surface area contributed by atoms with Crippen molar-refractivity contribution in [2.75, 3.05) is 0 Å². The van der Waals surface area contributed by atoms with Gasteiger partial charge in [0.2, 0.25) is 0 Å². The van der Waals surface area contributed by atoms with E-state index in [0.29, 0.717) is 5.02 Å². The second-order valence-corrected chi connectivity index (χ2v) is 6.38. The van der Waals surface area contributed by atoms with Gasteiger partial charge in [-0.2, -0.15) is 5.10 Å². The predicted molar refractivity (Wildman–Crippen MR) is 95.9 cm³/mol. The van der Waals surface area contributed by atoms with Crippen LogP contribution in [-0.4, -0.2) is 15.7 Å². The molecule has 3 rings (SSSR count). The van der Waals surface area contributed by atoms with Crippen molar-refractivity contribution in [3.63, 3.8) is 0 Å². The van der Waals surface area contributed by atoms with E-state index in [0.717, 1.165) is 17.7 Å². The molecule has 7 heteroatoms. The van der Waals surface area contributed by atoms with E-state index in [1.54, 1.807) is 25.2 Å². The van der Waals surface area contributed by atoms with Crippen LogP contribution >= 0.6 is 11.6 Å². The maximum atomic E-state index is 14.1. The molecule has 1 atom stereocenters. The van der Waals surface area contributed by atoms with Crippen LogP contribution < -0.4 is 5.32 Å². The number of aryl methyl sites for hydroxylation is 1. The first kappa shape index (κ1) is 18.1. The van der Waals surface area contributed by atoms with Crippen LogP contribution in [0.1, 0.15) is 28.9 Å². The van der Waals surface area contributed by atoms with Crippen molar-refractivity contribution in [1.29, 1.82) is 0 Å². The van der Waals surface area contributed by atoms with Crippen molar-refractivity contribution in [3.05, 3.63) is 76.4 Å². The Morgan fingerprint density at radius 3 is 2.69 bits per heavy atom. The Morgan fingerprint density at radius 1 is 1.23 bits per heavy atom. The Morgan fingerprint density at radius 2 is 2.00 bits per heavy atom. The number of halogens is 3. The fourth-order valence-corrected chi connectivity index (χ4v) is 2.87. The second-order valence-electron chi connectivity index (χ2n) is 5.94. The maximum absolute atomic E-state index is 14.1. The molecule has 1 aromatic heterocycles. The van der Waals surface area contributed by atoms with E-state index in [4.69, 9.17) is 11.6 Å². The van der Waals surface area contributed by atoms with Crippen LogP contribution in [0.25, 0.3) is 11.3 Å². The lowest BCUT2D eigenvalue weighted by molar-refractivity contribution is 0.0940. The minimum atomic E-state index is -0.777. The fraction of sp³-hybridized carbons (Fsp3) is 0.158. The Balaban J connectivity index is 1.91. The van der Waals surface area contributed by atoms with Gasteiger partial charge in [-0.05, 0) is 36.8 Å². The molecule has 134 valence electrons. The molecule has 0 aliphatic carbocycles. The largest absolute Gasteiger partial charge is 0.345 e. The zero-order valence-electron chi connectivity index (χ0n) is 14.1. The van der Waals surface area contributed by atoms with Gasteiger partial charge in [0.25, 0.3) is 5.91 Å². The summed E-state index contributed by atoms with van der Waals surface area (Å²) in [6.45, 7) is 1.82. The molecule has 1 N–H and O–H groups in total. The van der Waals surface area contributed by atoms with E-state index in [-0.39, 0.29) is 22.9 Å². The highest BCUT2D eigenvalue weighted by Crippen LogP contribution is 2.26. The molecule has 0 bridgehead atoms. The molecule has 3 aromatic rings. The standard InChI is InChI=1S/C19H16ClF2N3O/c1-11(12-4-3-5-13(20)8-12)23-19(26)16-10-25(2)24-18(16)15-7-6-14(21)9-17(15)22/h3-11H,1-2H3,(H,23,26).